The van der Waals surface area contributed by atoms with Crippen molar-refractivity contribution in [3.8, 4) is 0 Å². The van der Waals surface area contributed by atoms with Gasteiger partial charge in [-0.3, -0.25) is 0 Å². The summed E-state index contributed by atoms with van der Waals surface area (Å²) in [5, 5.41) is 0. The highest BCUT2D eigenvalue weighted by atomic mass is 32.2. The Morgan fingerprint density at radius 3 is 2.55 bits per heavy atom. The van der Waals surface area contributed by atoms with Crippen LogP contribution in [0.3, 0.4) is 0 Å². The van der Waals surface area contributed by atoms with Crippen molar-refractivity contribution in [3.05, 3.63) is 45.9 Å². The largest absolute Gasteiger partial charge is 0.399 e. The lowest BCUT2D eigenvalue weighted by Gasteiger charge is -2.07. The maximum absolute atomic E-state index is 13.6. The van der Waals surface area contributed by atoms with Gasteiger partial charge >= 0.3 is 0 Å². The first kappa shape index (κ1) is 15.0. The molecule has 0 atom stereocenters. The maximum atomic E-state index is 13.6. The Morgan fingerprint density at radius 1 is 1.25 bits per heavy atom. The Bertz CT molecular complexity index is 711. The van der Waals surface area contributed by atoms with Crippen LogP contribution >= 0.6 is 11.3 Å². The average Bonchev–Trinajstić information content (AvgIpc) is 2.84. The van der Waals surface area contributed by atoms with Crippen LogP contribution < -0.4 is 10.5 Å². The molecular weight excluding hydrogens is 299 g/mol. The quantitative estimate of drug-likeness (QED) is 0.833. The SMILES string of the molecule is CCc1ccc(CNS(=O)(=O)c2ccc(N)cc2F)s1. The van der Waals surface area contributed by atoms with Gasteiger partial charge in [-0.25, -0.2) is 17.5 Å². The van der Waals surface area contributed by atoms with Crippen molar-refractivity contribution in [1.82, 2.24) is 4.72 Å². The molecule has 0 aliphatic carbocycles. The summed E-state index contributed by atoms with van der Waals surface area (Å²) in [5.74, 6) is -0.849. The third-order valence-electron chi connectivity index (χ3n) is 2.75. The van der Waals surface area contributed by atoms with Gasteiger partial charge in [-0.15, -0.1) is 11.3 Å². The smallest absolute Gasteiger partial charge is 0.243 e. The topological polar surface area (TPSA) is 72.2 Å². The fraction of sp³-hybridized carbons (Fsp3) is 0.231. The molecule has 2 aromatic rings. The van der Waals surface area contributed by atoms with Crippen molar-refractivity contribution in [2.45, 2.75) is 24.8 Å². The van der Waals surface area contributed by atoms with Gasteiger partial charge in [0.25, 0.3) is 0 Å². The van der Waals surface area contributed by atoms with Crippen LogP contribution in [0.4, 0.5) is 10.1 Å². The molecule has 0 radical (unpaired) electrons. The molecule has 0 aliphatic rings. The molecule has 0 spiro atoms. The number of nitrogen functional groups attached to an aromatic ring is 1. The van der Waals surface area contributed by atoms with Gasteiger partial charge in [0.15, 0.2) is 0 Å². The molecule has 0 aliphatic heterocycles. The van der Waals surface area contributed by atoms with E-state index in [1.54, 1.807) is 0 Å². The van der Waals surface area contributed by atoms with Crippen molar-refractivity contribution in [1.29, 1.82) is 0 Å². The normalized spacial score (nSPS) is 11.7. The van der Waals surface area contributed by atoms with Crippen LogP contribution in [0.5, 0.6) is 0 Å². The van der Waals surface area contributed by atoms with Gasteiger partial charge in [0.1, 0.15) is 10.7 Å². The van der Waals surface area contributed by atoms with Gasteiger partial charge in [-0.1, -0.05) is 6.92 Å². The molecule has 0 saturated carbocycles. The minimum Gasteiger partial charge on any atom is -0.399 e. The van der Waals surface area contributed by atoms with Gasteiger partial charge in [0.05, 0.1) is 0 Å². The van der Waals surface area contributed by atoms with E-state index in [0.29, 0.717) is 0 Å². The monoisotopic (exact) mass is 314 g/mol. The summed E-state index contributed by atoms with van der Waals surface area (Å²) in [6, 6.07) is 7.34. The van der Waals surface area contributed by atoms with Gasteiger partial charge in [0, 0.05) is 22.0 Å². The van der Waals surface area contributed by atoms with E-state index >= 15 is 0 Å². The predicted molar refractivity (Wildman–Crippen MR) is 78.5 cm³/mol. The first-order valence-electron chi connectivity index (χ1n) is 6.04. The summed E-state index contributed by atoms with van der Waals surface area (Å²) in [4.78, 5) is 1.68. The number of sulfonamides is 1. The molecule has 7 heteroatoms. The van der Waals surface area contributed by atoms with E-state index in [0.717, 1.165) is 17.4 Å². The highest BCUT2D eigenvalue weighted by molar-refractivity contribution is 7.89. The number of halogens is 1. The number of nitrogens with two attached hydrogens (primary N) is 1. The molecule has 108 valence electrons. The number of rotatable bonds is 5. The van der Waals surface area contributed by atoms with Gasteiger partial charge in [0.2, 0.25) is 10.0 Å². The Labute approximate surface area is 121 Å². The molecule has 0 fully saturated rings. The summed E-state index contributed by atoms with van der Waals surface area (Å²) in [5.41, 5.74) is 5.59. The average molecular weight is 314 g/mol. The Morgan fingerprint density at radius 2 is 1.95 bits per heavy atom. The Hall–Kier alpha value is -1.44. The van der Waals surface area contributed by atoms with Crippen LogP contribution in [-0.4, -0.2) is 8.42 Å². The number of benzene rings is 1. The molecule has 0 bridgehead atoms. The first-order valence-corrected chi connectivity index (χ1v) is 8.34. The van der Waals surface area contributed by atoms with E-state index in [1.165, 1.54) is 28.3 Å². The minimum absolute atomic E-state index is 0.150. The second-order valence-corrected chi connectivity index (χ2v) is 7.22. The second kappa shape index (κ2) is 5.90. The fourth-order valence-electron chi connectivity index (χ4n) is 1.69. The molecule has 0 unspecified atom stereocenters. The van der Waals surface area contributed by atoms with Crippen LogP contribution in [0, 0.1) is 5.82 Å². The van der Waals surface area contributed by atoms with E-state index in [1.807, 2.05) is 19.1 Å². The fourth-order valence-corrected chi connectivity index (χ4v) is 3.74. The highest BCUT2D eigenvalue weighted by Crippen LogP contribution is 2.20. The van der Waals surface area contributed by atoms with E-state index in [-0.39, 0.29) is 17.1 Å². The summed E-state index contributed by atoms with van der Waals surface area (Å²) < 4.78 is 40.1. The van der Waals surface area contributed by atoms with Gasteiger partial charge in [-0.2, -0.15) is 0 Å². The van der Waals surface area contributed by atoms with Crippen molar-refractivity contribution in [2.24, 2.45) is 0 Å². The maximum Gasteiger partial charge on any atom is 0.243 e. The molecule has 3 N–H and O–H groups in total. The second-order valence-electron chi connectivity index (χ2n) is 4.24. The van der Waals surface area contributed by atoms with Crippen LogP contribution in [0.1, 0.15) is 16.7 Å². The Kier molecular flexibility index (Phi) is 4.42. The number of aryl methyl sites for hydroxylation is 1. The summed E-state index contributed by atoms with van der Waals surface area (Å²) in [7, 11) is -3.88. The lowest BCUT2D eigenvalue weighted by molar-refractivity contribution is 0.557. The first-order chi connectivity index (χ1) is 9.42. The number of nitrogens with one attached hydrogen (secondary N) is 1. The van der Waals surface area contributed by atoms with Gasteiger partial charge in [-0.05, 0) is 36.8 Å². The lowest BCUT2D eigenvalue weighted by atomic mass is 10.3. The predicted octanol–water partition coefficient (Wildman–Crippen LogP) is 2.51. The van der Waals surface area contributed by atoms with E-state index in [4.69, 9.17) is 5.73 Å². The summed E-state index contributed by atoms with van der Waals surface area (Å²) in [6.45, 7) is 2.18. The standard InChI is InChI=1S/C13H15FN2O2S2/c1-2-10-4-5-11(19-10)8-16-20(17,18)13-6-3-9(15)7-12(13)14/h3-7,16H,2,8,15H2,1H3. The van der Waals surface area contributed by atoms with E-state index < -0.39 is 15.8 Å². The molecule has 2 rings (SSSR count). The zero-order chi connectivity index (χ0) is 14.8. The van der Waals surface area contributed by atoms with Crippen molar-refractivity contribution < 1.29 is 12.8 Å². The van der Waals surface area contributed by atoms with Crippen molar-refractivity contribution in [3.63, 3.8) is 0 Å². The highest BCUT2D eigenvalue weighted by Gasteiger charge is 2.19. The number of anilines is 1. The lowest BCUT2D eigenvalue weighted by Crippen LogP contribution is -2.23. The third-order valence-corrected chi connectivity index (χ3v) is 5.41. The van der Waals surface area contributed by atoms with E-state index in [2.05, 4.69) is 4.72 Å². The van der Waals surface area contributed by atoms with Crippen molar-refractivity contribution in [2.75, 3.05) is 5.73 Å². The van der Waals surface area contributed by atoms with Crippen LogP contribution in [0.15, 0.2) is 35.2 Å². The van der Waals surface area contributed by atoms with E-state index in [9.17, 15) is 12.8 Å². The van der Waals surface area contributed by atoms with Gasteiger partial charge < -0.3 is 5.73 Å². The molecule has 20 heavy (non-hydrogen) atoms. The molecular formula is C13H15FN2O2S2. The number of hydrogen-bond donors (Lipinski definition) is 2. The van der Waals surface area contributed by atoms with Crippen molar-refractivity contribution >= 4 is 27.0 Å². The summed E-state index contributed by atoms with van der Waals surface area (Å²) >= 11 is 1.53. The van der Waals surface area contributed by atoms with Crippen LogP contribution in [-0.2, 0) is 23.0 Å². The number of thiophene rings is 1. The molecule has 4 nitrogen and oxygen atoms in total. The van der Waals surface area contributed by atoms with Crippen LogP contribution in [0.2, 0.25) is 0 Å². The molecule has 0 saturated heterocycles. The number of hydrogen-bond acceptors (Lipinski definition) is 4. The zero-order valence-electron chi connectivity index (χ0n) is 10.9. The zero-order valence-corrected chi connectivity index (χ0v) is 12.5. The molecule has 1 aromatic heterocycles. The van der Waals surface area contributed by atoms with Crippen LogP contribution in [0.25, 0.3) is 0 Å². The third kappa shape index (κ3) is 3.36. The Balaban J connectivity index is 2.14. The molecule has 1 aromatic carbocycles. The summed E-state index contributed by atoms with van der Waals surface area (Å²) in [6.07, 6.45) is 0.907. The molecule has 1 heterocycles. The minimum atomic E-state index is -3.88. The molecule has 0 amide bonds.